The molecule has 0 aromatic carbocycles. The van der Waals surface area contributed by atoms with Gasteiger partial charge in [-0.25, -0.2) is 0 Å². The van der Waals surface area contributed by atoms with Crippen molar-refractivity contribution in [1.29, 1.82) is 0 Å². The fourth-order valence-corrected chi connectivity index (χ4v) is 1.51. The predicted octanol–water partition coefficient (Wildman–Crippen LogP) is -0.345. The normalized spacial score (nSPS) is 9.03. The van der Waals surface area contributed by atoms with Crippen molar-refractivity contribution in [2.45, 2.75) is 40.0 Å². The van der Waals surface area contributed by atoms with Gasteiger partial charge in [0.05, 0.1) is 33.0 Å². The van der Waals surface area contributed by atoms with E-state index in [1.807, 2.05) is 0 Å². The van der Waals surface area contributed by atoms with Crippen LogP contribution >= 0.6 is 11.6 Å². The van der Waals surface area contributed by atoms with Crippen LogP contribution in [0.1, 0.15) is 40.0 Å². The molecule has 192 valence electrons. The summed E-state index contributed by atoms with van der Waals surface area (Å²) in [6, 6.07) is 0. The minimum atomic E-state index is -0.773. The third-order valence-corrected chi connectivity index (χ3v) is 2.62. The van der Waals surface area contributed by atoms with Crippen LogP contribution in [0.3, 0.4) is 0 Å². The van der Waals surface area contributed by atoms with Gasteiger partial charge in [-0.3, -0.25) is 28.8 Å². The summed E-state index contributed by atoms with van der Waals surface area (Å²) in [4.78, 5) is 64.4. The Kier molecular flexibility index (Phi) is 26.9. The molecule has 0 spiro atoms. The minimum Gasteiger partial charge on any atom is -0.466 e. The summed E-state index contributed by atoms with van der Waals surface area (Å²) in [5.74, 6) is -3.49. The zero-order valence-electron chi connectivity index (χ0n) is 18.8. The third-order valence-electron chi connectivity index (χ3n) is 2.49. The van der Waals surface area contributed by atoms with E-state index >= 15 is 0 Å². The summed E-state index contributed by atoms with van der Waals surface area (Å²) in [6.45, 7) is 4.88. The second kappa shape index (κ2) is 25.5. The van der Waals surface area contributed by atoms with Gasteiger partial charge in [-0.1, -0.05) is 0 Å². The Morgan fingerprint density at radius 2 is 0.818 bits per heavy atom. The number of esters is 5. The fraction of sp³-hybridized carbons (Fsp3) is 0.684. The topological polar surface area (TPSA) is 189 Å². The first-order valence-electron chi connectivity index (χ1n) is 9.75. The molecule has 0 aromatic rings. The average molecular weight is 503 g/mol. The maximum atomic E-state index is 11.1. The molecule has 0 saturated carbocycles. The second-order valence-electron chi connectivity index (χ2n) is 5.19. The first-order valence-corrected chi connectivity index (χ1v) is 10.1. The van der Waals surface area contributed by atoms with Crippen molar-refractivity contribution in [3.05, 3.63) is 0 Å². The lowest BCUT2D eigenvalue weighted by Gasteiger charge is -2.06. The molecule has 0 heterocycles. The first-order chi connectivity index (χ1) is 15.6. The van der Waals surface area contributed by atoms with Gasteiger partial charge in [-0.05, 0) is 32.4 Å². The highest BCUT2D eigenvalue weighted by atomic mass is 35.5. The molecule has 0 aliphatic rings. The number of aliphatic hydroxyl groups excluding tert-OH is 2. The van der Waals surface area contributed by atoms with Gasteiger partial charge in [0.25, 0.3) is 0 Å². The van der Waals surface area contributed by atoms with E-state index in [4.69, 9.17) is 21.8 Å². The number of aliphatic hydroxyl groups is 2. The van der Waals surface area contributed by atoms with E-state index in [0.717, 1.165) is 0 Å². The SMILES string of the molecule is CCOC(=O)CC(=O)Cl.CCOC(=O)CC(=O)OCCOC(=O)CC(=O)OCC.OCCO. The van der Waals surface area contributed by atoms with Crippen LogP contribution in [0.25, 0.3) is 0 Å². The van der Waals surface area contributed by atoms with Crippen LogP contribution in [0.4, 0.5) is 0 Å². The zero-order chi connectivity index (χ0) is 26.1. The molecule has 0 aromatic heterocycles. The summed E-state index contributed by atoms with van der Waals surface area (Å²) in [5, 5.41) is 14.6. The Labute approximate surface area is 196 Å². The standard InChI is InChI=1S/C12H18O8.C5H7ClO3.C2H6O2/c1-3-17-9(13)7-11(15)19-5-6-20-12(16)8-10(14)18-4-2;1-2-9-5(8)3-4(6)7;3-1-2-4/h3-8H2,1-2H3;2-3H2,1H3;3-4H,1-2H2. The monoisotopic (exact) mass is 502 g/mol. The highest BCUT2D eigenvalue weighted by molar-refractivity contribution is 6.64. The van der Waals surface area contributed by atoms with Crippen LogP contribution in [-0.2, 0) is 52.5 Å². The fourth-order valence-electron chi connectivity index (χ4n) is 1.40. The van der Waals surface area contributed by atoms with Gasteiger partial charge in [0, 0.05) is 0 Å². The molecule has 0 bridgehead atoms. The lowest BCUT2D eigenvalue weighted by atomic mass is 10.4. The molecule has 0 aliphatic carbocycles. The van der Waals surface area contributed by atoms with E-state index in [1.54, 1.807) is 20.8 Å². The van der Waals surface area contributed by atoms with E-state index in [0.29, 0.717) is 0 Å². The smallest absolute Gasteiger partial charge is 0.317 e. The molecule has 0 unspecified atom stereocenters. The van der Waals surface area contributed by atoms with Crippen LogP contribution in [0.5, 0.6) is 0 Å². The van der Waals surface area contributed by atoms with Gasteiger partial charge >= 0.3 is 29.8 Å². The van der Waals surface area contributed by atoms with Crippen LogP contribution in [0, 0.1) is 0 Å². The Morgan fingerprint density at radius 1 is 0.545 bits per heavy atom. The Morgan fingerprint density at radius 3 is 1.06 bits per heavy atom. The van der Waals surface area contributed by atoms with Gasteiger partial charge in [0.2, 0.25) is 5.24 Å². The Balaban J connectivity index is -0.000000569. The quantitative estimate of drug-likeness (QED) is 0.109. The van der Waals surface area contributed by atoms with Crippen LogP contribution < -0.4 is 0 Å². The van der Waals surface area contributed by atoms with Crippen molar-refractivity contribution in [1.82, 2.24) is 0 Å². The number of carbonyl (C=O) groups excluding carboxylic acids is 6. The van der Waals surface area contributed by atoms with Gasteiger partial charge in [0.15, 0.2) is 0 Å². The number of halogens is 1. The molecule has 14 heteroatoms. The number of hydrogen-bond donors (Lipinski definition) is 2. The van der Waals surface area contributed by atoms with Crippen molar-refractivity contribution in [2.24, 2.45) is 0 Å². The van der Waals surface area contributed by atoms with Crippen molar-refractivity contribution in [3.63, 3.8) is 0 Å². The summed E-state index contributed by atoms with van der Waals surface area (Å²) < 4.78 is 22.8. The second-order valence-corrected chi connectivity index (χ2v) is 5.61. The third kappa shape index (κ3) is 31.5. The molecule has 2 N–H and O–H groups in total. The molecule has 13 nitrogen and oxygen atoms in total. The van der Waals surface area contributed by atoms with Crippen molar-refractivity contribution in [3.8, 4) is 0 Å². The van der Waals surface area contributed by atoms with Gasteiger partial charge in [0.1, 0.15) is 32.5 Å². The maximum absolute atomic E-state index is 11.1. The minimum absolute atomic E-state index is 0.125. The molecule has 0 fully saturated rings. The summed E-state index contributed by atoms with van der Waals surface area (Å²) >= 11 is 4.87. The number of ether oxygens (including phenoxy) is 5. The van der Waals surface area contributed by atoms with Crippen molar-refractivity contribution >= 4 is 46.7 Å². The highest BCUT2D eigenvalue weighted by Gasteiger charge is 2.13. The summed E-state index contributed by atoms with van der Waals surface area (Å²) in [7, 11) is 0. The number of hydrogen-bond acceptors (Lipinski definition) is 13. The lowest BCUT2D eigenvalue weighted by molar-refractivity contribution is -0.160. The average Bonchev–Trinajstić information content (AvgIpc) is 2.71. The van der Waals surface area contributed by atoms with Gasteiger partial charge in [-0.2, -0.15) is 0 Å². The lowest BCUT2D eigenvalue weighted by Crippen LogP contribution is -2.19. The molecule has 0 amide bonds. The van der Waals surface area contributed by atoms with E-state index in [2.05, 4.69) is 23.7 Å². The highest BCUT2D eigenvalue weighted by Crippen LogP contribution is 1.94. The zero-order valence-corrected chi connectivity index (χ0v) is 19.6. The van der Waals surface area contributed by atoms with E-state index in [1.165, 1.54) is 0 Å². The molecule has 0 rings (SSSR count). The summed E-state index contributed by atoms with van der Waals surface area (Å²) in [6.07, 6.45) is -1.33. The number of rotatable bonds is 13. The number of carbonyl (C=O) groups is 6. The van der Waals surface area contributed by atoms with Gasteiger partial charge in [-0.15, -0.1) is 0 Å². The van der Waals surface area contributed by atoms with Crippen LogP contribution in [-0.4, -0.2) is 91.6 Å². The van der Waals surface area contributed by atoms with Gasteiger partial charge < -0.3 is 33.9 Å². The Bertz CT molecular complexity index is 556. The first kappa shape index (κ1) is 34.8. The molecule has 33 heavy (non-hydrogen) atoms. The predicted molar refractivity (Wildman–Crippen MR) is 111 cm³/mol. The molecular weight excluding hydrogens is 472 g/mol. The molecule has 0 aliphatic heterocycles. The van der Waals surface area contributed by atoms with Crippen LogP contribution in [0.2, 0.25) is 0 Å². The Hall–Kier alpha value is -2.77. The maximum Gasteiger partial charge on any atom is 0.317 e. The van der Waals surface area contributed by atoms with E-state index < -0.39 is 47.9 Å². The molecule has 0 atom stereocenters. The van der Waals surface area contributed by atoms with E-state index in [9.17, 15) is 28.8 Å². The van der Waals surface area contributed by atoms with Crippen LogP contribution in [0.15, 0.2) is 0 Å². The van der Waals surface area contributed by atoms with Crippen molar-refractivity contribution in [2.75, 3.05) is 46.2 Å². The largest absolute Gasteiger partial charge is 0.466 e. The van der Waals surface area contributed by atoms with Crippen molar-refractivity contribution < 1.29 is 62.7 Å². The molecule has 0 saturated heterocycles. The molecular formula is C19H31ClO13. The molecule has 0 radical (unpaired) electrons. The van der Waals surface area contributed by atoms with E-state index in [-0.39, 0.29) is 52.7 Å². The summed E-state index contributed by atoms with van der Waals surface area (Å²) in [5.41, 5.74) is 0.